The van der Waals surface area contributed by atoms with Crippen LogP contribution in [0.2, 0.25) is 0 Å². The van der Waals surface area contributed by atoms with Gasteiger partial charge >= 0.3 is 5.97 Å². The van der Waals surface area contributed by atoms with E-state index in [9.17, 15) is 28.8 Å². The number of β-amino-alcohol motifs (C(OH)–C–C–N with tert-alkyl or cyclic N) is 1. The molecule has 172 valence electrons. The van der Waals surface area contributed by atoms with Crippen molar-refractivity contribution in [1.29, 1.82) is 0 Å². The zero-order chi connectivity index (χ0) is 23.9. The Morgan fingerprint density at radius 3 is 2.55 bits per heavy atom. The first kappa shape index (κ1) is 22.1. The maximum absolute atomic E-state index is 13.0. The molecule has 0 spiro atoms. The van der Waals surface area contributed by atoms with Gasteiger partial charge in [-0.05, 0) is 24.6 Å². The molecule has 1 atom stereocenters. The molecule has 0 bridgehead atoms. The number of ether oxygens (including phenoxy) is 1. The van der Waals surface area contributed by atoms with Gasteiger partial charge in [0.15, 0.2) is 0 Å². The van der Waals surface area contributed by atoms with Crippen LogP contribution in [0, 0.1) is 0 Å². The Balaban J connectivity index is 1.62. The number of piperidine rings is 1. The number of carbonyl (C=O) groups excluding carboxylic acids is 6. The average molecular weight is 456 g/mol. The van der Waals surface area contributed by atoms with E-state index in [1.807, 2.05) is 0 Å². The number of hydrogen-bond acceptors (Lipinski definition) is 9. The Kier molecular flexibility index (Phi) is 5.68. The zero-order valence-electron chi connectivity index (χ0n) is 17.5. The minimum absolute atomic E-state index is 0.00747. The van der Waals surface area contributed by atoms with E-state index in [0.717, 1.165) is 4.90 Å². The monoisotopic (exact) mass is 456 g/mol. The summed E-state index contributed by atoms with van der Waals surface area (Å²) in [7, 11) is 1.18. The molecule has 33 heavy (non-hydrogen) atoms. The van der Waals surface area contributed by atoms with Crippen LogP contribution in [0.1, 0.15) is 33.6 Å². The molecule has 5 amide bonds. The van der Waals surface area contributed by atoms with Crippen molar-refractivity contribution >= 4 is 41.2 Å². The number of esters is 1. The smallest absolute Gasteiger partial charge is 0.337 e. The molecule has 3 aliphatic rings. The topological polar surface area (TPSA) is 162 Å². The molecule has 3 N–H and O–H groups in total. The van der Waals surface area contributed by atoms with Gasteiger partial charge in [-0.15, -0.1) is 0 Å². The highest BCUT2D eigenvalue weighted by Gasteiger charge is 2.44. The molecule has 3 heterocycles. The molecule has 12 heteroatoms. The van der Waals surface area contributed by atoms with Crippen LogP contribution in [0.5, 0.6) is 0 Å². The molecular formula is C21H20N4O8. The number of carbonyl (C=O) groups is 6. The molecule has 0 aromatic heterocycles. The van der Waals surface area contributed by atoms with Gasteiger partial charge in [-0.25, -0.2) is 4.79 Å². The molecule has 1 aromatic carbocycles. The van der Waals surface area contributed by atoms with Crippen LogP contribution in [-0.2, 0) is 23.9 Å². The maximum atomic E-state index is 13.0. The minimum Gasteiger partial charge on any atom is -0.466 e. The number of imide groups is 2. The third-order valence-corrected chi connectivity index (χ3v) is 5.66. The van der Waals surface area contributed by atoms with E-state index in [2.05, 4.69) is 10.6 Å². The lowest BCUT2D eigenvalue weighted by Crippen LogP contribution is -2.54. The molecular weight excluding hydrogens is 436 g/mol. The summed E-state index contributed by atoms with van der Waals surface area (Å²) >= 11 is 0. The number of anilines is 1. The molecule has 3 aliphatic heterocycles. The third kappa shape index (κ3) is 3.74. The number of amides is 5. The highest BCUT2D eigenvalue weighted by molar-refractivity contribution is 6.24. The first-order chi connectivity index (χ1) is 15.8. The molecule has 1 fully saturated rings. The molecule has 1 saturated heterocycles. The summed E-state index contributed by atoms with van der Waals surface area (Å²) in [6.07, 6.45) is 0.0410. The van der Waals surface area contributed by atoms with Gasteiger partial charge in [0.25, 0.3) is 17.7 Å². The van der Waals surface area contributed by atoms with E-state index in [4.69, 9.17) is 9.84 Å². The Morgan fingerprint density at radius 1 is 1.15 bits per heavy atom. The maximum Gasteiger partial charge on any atom is 0.337 e. The van der Waals surface area contributed by atoms with Crippen LogP contribution in [0.4, 0.5) is 5.69 Å². The number of fused-ring (bicyclic) bond motifs is 1. The fourth-order valence-corrected chi connectivity index (χ4v) is 4.04. The summed E-state index contributed by atoms with van der Waals surface area (Å²) < 4.78 is 4.74. The number of nitrogens with zero attached hydrogens (tertiary/aromatic N) is 2. The van der Waals surface area contributed by atoms with E-state index >= 15 is 0 Å². The zero-order valence-corrected chi connectivity index (χ0v) is 17.5. The molecule has 1 unspecified atom stereocenters. The van der Waals surface area contributed by atoms with Gasteiger partial charge in [0.1, 0.15) is 11.7 Å². The van der Waals surface area contributed by atoms with Crippen LogP contribution in [-0.4, -0.2) is 83.3 Å². The number of benzene rings is 1. The number of hydrogen-bond donors (Lipinski definition) is 3. The minimum atomic E-state index is -1.09. The number of methoxy groups -OCH3 is 1. The van der Waals surface area contributed by atoms with E-state index < -0.39 is 41.5 Å². The van der Waals surface area contributed by atoms with Gasteiger partial charge in [0.2, 0.25) is 11.8 Å². The average Bonchev–Trinajstić information content (AvgIpc) is 3.22. The highest BCUT2D eigenvalue weighted by Crippen LogP contribution is 2.31. The quantitative estimate of drug-likeness (QED) is 0.351. The van der Waals surface area contributed by atoms with Crippen molar-refractivity contribution in [1.82, 2.24) is 15.1 Å². The van der Waals surface area contributed by atoms with E-state index in [0.29, 0.717) is 0 Å². The number of aliphatic hydroxyl groups excluding tert-OH is 1. The van der Waals surface area contributed by atoms with Crippen molar-refractivity contribution in [3.63, 3.8) is 0 Å². The van der Waals surface area contributed by atoms with Crippen molar-refractivity contribution < 1.29 is 38.6 Å². The van der Waals surface area contributed by atoms with Gasteiger partial charge in [-0.3, -0.25) is 34.2 Å². The second-order valence-corrected chi connectivity index (χ2v) is 7.63. The van der Waals surface area contributed by atoms with E-state index in [1.54, 1.807) is 0 Å². The largest absolute Gasteiger partial charge is 0.466 e. The normalized spacial score (nSPS) is 20.4. The van der Waals surface area contributed by atoms with Crippen LogP contribution < -0.4 is 10.6 Å². The van der Waals surface area contributed by atoms with E-state index in [1.165, 1.54) is 30.2 Å². The summed E-state index contributed by atoms with van der Waals surface area (Å²) in [4.78, 5) is 76.3. The molecule has 4 rings (SSSR count). The SMILES string of the molecule is COC(=O)C1=C(Nc2ccc3c(c2)C(=O)N(C2CCC(=O)NC2=O)C3=O)C(=O)N(CCO)C1. The molecule has 1 aromatic rings. The molecule has 0 aliphatic carbocycles. The summed E-state index contributed by atoms with van der Waals surface area (Å²) in [5.74, 6) is -3.79. The summed E-state index contributed by atoms with van der Waals surface area (Å²) in [5.41, 5.74) is 0.360. The van der Waals surface area contributed by atoms with Gasteiger partial charge in [0.05, 0.1) is 37.0 Å². The van der Waals surface area contributed by atoms with E-state index in [-0.39, 0.29) is 60.6 Å². The summed E-state index contributed by atoms with van der Waals surface area (Å²) in [5, 5.41) is 14.1. The van der Waals surface area contributed by atoms with Gasteiger partial charge < -0.3 is 20.1 Å². The fourth-order valence-electron chi connectivity index (χ4n) is 4.04. The fraction of sp³-hybridized carbons (Fsp3) is 0.333. The summed E-state index contributed by atoms with van der Waals surface area (Å²) in [6, 6.07) is 3.10. The van der Waals surface area contributed by atoms with Crippen molar-refractivity contribution in [2.75, 3.05) is 32.1 Å². The van der Waals surface area contributed by atoms with Crippen LogP contribution in [0.3, 0.4) is 0 Å². The highest BCUT2D eigenvalue weighted by atomic mass is 16.5. The van der Waals surface area contributed by atoms with Crippen LogP contribution in [0.15, 0.2) is 29.5 Å². The number of aliphatic hydroxyl groups is 1. The van der Waals surface area contributed by atoms with Gasteiger partial charge in [-0.2, -0.15) is 0 Å². The van der Waals surface area contributed by atoms with Crippen molar-refractivity contribution in [2.24, 2.45) is 0 Å². The molecule has 12 nitrogen and oxygen atoms in total. The number of nitrogens with one attached hydrogen (secondary N) is 2. The first-order valence-electron chi connectivity index (χ1n) is 10.1. The Morgan fingerprint density at radius 2 is 1.88 bits per heavy atom. The Hall–Kier alpha value is -4.06. The Labute approximate surface area is 187 Å². The summed E-state index contributed by atoms with van der Waals surface area (Å²) in [6.45, 7) is -0.332. The predicted octanol–water partition coefficient (Wildman–Crippen LogP) is -1.24. The van der Waals surface area contributed by atoms with Crippen molar-refractivity contribution in [3.8, 4) is 0 Å². The second kappa shape index (κ2) is 8.47. The standard InChI is InChI=1S/C21H20N4O8/c1-33-21(32)13-9-24(6-7-26)20(31)16(13)22-10-2-3-11-12(8-10)19(30)25(18(11)29)14-4-5-15(27)23-17(14)28/h2-3,8,14,22,26H,4-7,9H2,1H3,(H,23,27,28). The van der Waals surface area contributed by atoms with Crippen LogP contribution >= 0.6 is 0 Å². The lowest BCUT2D eigenvalue weighted by atomic mass is 10.0. The lowest BCUT2D eigenvalue weighted by Gasteiger charge is -2.27. The van der Waals surface area contributed by atoms with Crippen molar-refractivity contribution in [3.05, 3.63) is 40.6 Å². The molecule has 0 saturated carbocycles. The van der Waals surface area contributed by atoms with Crippen LogP contribution in [0.25, 0.3) is 0 Å². The predicted molar refractivity (Wildman–Crippen MR) is 109 cm³/mol. The second-order valence-electron chi connectivity index (χ2n) is 7.63. The third-order valence-electron chi connectivity index (χ3n) is 5.66. The van der Waals surface area contributed by atoms with Gasteiger partial charge in [-0.1, -0.05) is 0 Å². The first-order valence-corrected chi connectivity index (χ1v) is 10.1. The lowest BCUT2D eigenvalue weighted by molar-refractivity contribution is -0.137. The van der Waals surface area contributed by atoms with Crippen molar-refractivity contribution in [2.45, 2.75) is 18.9 Å². The molecule has 0 radical (unpaired) electrons. The van der Waals surface area contributed by atoms with Gasteiger partial charge in [0, 0.05) is 18.7 Å². The number of rotatable bonds is 6. The Bertz CT molecular complexity index is 1140.